The van der Waals surface area contributed by atoms with E-state index in [4.69, 9.17) is 76.7 Å². The Morgan fingerprint density at radius 1 is 0.461 bits per heavy atom. The minimum absolute atomic E-state index is 0.0642. The number of carbonyl (C=O) groups is 8. The van der Waals surface area contributed by atoms with Gasteiger partial charge in [0.25, 0.3) is 5.91 Å². The quantitative estimate of drug-likeness (QED) is 0.0310. The molecule has 11 aromatic carbocycles. The summed E-state index contributed by atoms with van der Waals surface area (Å²) in [6.07, 6.45) is 0.809. The summed E-state index contributed by atoms with van der Waals surface area (Å²) in [4.78, 5) is 94.2. The fraction of sp³-hybridized carbons (Fsp3) is 0.174. The SMILES string of the molecule is CC(C(=O)O)c1ccc(-c2ccccc2F)cc1.CC(C(=O)O)c1ccc2c(c1)[nH]c1ccc(Cl)cc12.CC(C(=O)O)c1cccc(C(=O)c2ccccc2)c1.CC(C)Cc1ccc(C(C)C(=O)O)cc1.COc1ccc2c(c1)c(CC(=O)O)c(C)n2C(=O)c1ccc(Cl)cc1.O=C(O)Cc1ccccc1Nc1c(Cl)cccc1Cl. The standard InChI is InChI=1S/C19H16ClNO4.C16H14O3.C15H12ClNO2.C15H13FO2.C14H11Cl2NO2.C13H18O2/c1-11-15(10-18(22)23)16-9-14(25-2)7-8-17(16)21(11)19(24)12-3-5-13(20)6-4-12;1-11(16(18)19)13-8-5-9-14(10-13)15(17)12-6-3-2-4-7-12;1-8(15(18)19)9-2-4-11-12-7-10(16)3-5-13(12)17-14(11)6-9;1-10(15(17)18)11-6-8-12(9-7-11)13-4-2-3-5-14(13)16;15-10-5-3-6-11(16)14(10)17-12-7-2-1-4-9(12)8-13(18)19;1-9(2)8-11-4-6-12(7-5-11)10(3)13(14)15/h3-9H,10H2,1-2H3,(H,22,23);2-11H,1H3,(H,18,19);2-8,17H,1H3,(H,18,19);2-10H,1H3,(H,17,18);1-7,17H,8H2,(H,18,19);4-7,9-10H,8H2,1-3H3,(H,14,15). The minimum atomic E-state index is -0.955. The predicted octanol–water partition coefficient (Wildman–Crippen LogP) is 22.3. The Hall–Kier alpha value is -12.4. The molecule has 18 nitrogen and oxygen atoms in total. The van der Waals surface area contributed by atoms with E-state index < -0.39 is 59.5 Å². The number of carbonyl (C=O) groups excluding carboxylic acids is 2. The lowest BCUT2D eigenvalue weighted by molar-refractivity contribution is -0.139. The van der Waals surface area contributed by atoms with Crippen LogP contribution < -0.4 is 10.1 Å². The number of nitrogens with one attached hydrogen (secondary N) is 2. The number of anilines is 2. The molecule has 0 aliphatic rings. The number of carboxylic acids is 6. The maximum absolute atomic E-state index is 13.6. The van der Waals surface area contributed by atoms with Gasteiger partial charge in [0, 0.05) is 70.9 Å². The number of para-hydroxylation sites is 2. The molecule has 0 radical (unpaired) electrons. The van der Waals surface area contributed by atoms with Crippen LogP contribution in [-0.2, 0) is 48.0 Å². The first kappa shape index (κ1) is 88.2. The molecule has 13 rings (SSSR count). The fourth-order valence-electron chi connectivity index (χ4n) is 12.2. The molecule has 0 saturated carbocycles. The highest BCUT2D eigenvalue weighted by Gasteiger charge is 2.24. The first-order valence-corrected chi connectivity index (χ1v) is 37.7. The van der Waals surface area contributed by atoms with Gasteiger partial charge in [-0.2, -0.15) is 0 Å². The molecule has 0 bridgehead atoms. The number of nitrogens with zero attached hydrogens (tertiary/aromatic N) is 1. The third kappa shape index (κ3) is 24.1. The third-order valence-corrected chi connectivity index (χ3v) is 19.8. The topological polar surface area (TPSA) is 300 Å². The molecular weight excluding hydrogens is 1550 g/mol. The Kier molecular flexibility index (Phi) is 31.7. The largest absolute Gasteiger partial charge is 0.497 e. The van der Waals surface area contributed by atoms with Crippen LogP contribution in [-0.4, -0.2) is 94.8 Å². The van der Waals surface area contributed by atoms with E-state index in [0.717, 1.165) is 44.9 Å². The van der Waals surface area contributed by atoms with Gasteiger partial charge in [-0.3, -0.25) is 42.9 Å². The molecule has 592 valence electrons. The van der Waals surface area contributed by atoms with Gasteiger partial charge in [0.2, 0.25) is 0 Å². The maximum atomic E-state index is 13.6. The van der Waals surface area contributed by atoms with Crippen LogP contribution in [0.25, 0.3) is 43.8 Å². The number of ether oxygens (including phenoxy) is 1. The number of halogens is 5. The van der Waals surface area contributed by atoms with Crippen molar-refractivity contribution in [2.45, 2.75) is 91.4 Å². The molecule has 23 heteroatoms. The van der Waals surface area contributed by atoms with E-state index >= 15 is 0 Å². The van der Waals surface area contributed by atoms with Gasteiger partial charge in [0.15, 0.2) is 5.78 Å². The summed E-state index contributed by atoms with van der Waals surface area (Å²) in [5.74, 6) is -6.69. The first-order valence-electron chi connectivity index (χ1n) is 36.2. The molecule has 2 heterocycles. The fourth-order valence-corrected chi connectivity index (χ4v) is 12.9. The smallest absolute Gasteiger partial charge is 0.310 e. The van der Waals surface area contributed by atoms with Crippen molar-refractivity contribution in [2.24, 2.45) is 5.92 Å². The molecule has 0 aliphatic carbocycles. The van der Waals surface area contributed by atoms with E-state index in [1.807, 2.05) is 72.8 Å². The van der Waals surface area contributed by atoms with Gasteiger partial charge in [0.05, 0.1) is 64.9 Å². The van der Waals surface area contributed by atoms with Crippen molar-refractivity contribution in [1.82, 2.24) is 9.55 Å². The highest BCUT2D eigenvalue weighted by Crippen LogP contribution is 2.36. The summed E-state index contributed by atoms with van der Waals surface area (Å²) in [5, 5.41) is 62.0. The number of benzene rings is 11. The molecule has 0 amide bonds. The summed E-state index contributed by atoms with van der Waals surface area (Å²) in [7, 11) is 1.54. The van der Waals surface area contributed by atoms with E-state index in [0.29, 0.717) is 104 Å². The van der Waals surface area contributed by atoms with Crippen molar-refractivity contribution in [2.75, 3.05) is 12.4 Å². The van der Waals surface area contributed by atoms with Crippen LogP contribution in [0.3, 0.4) is 0 Å². The second kappa shape index (κ2) is 41.4. The number of H-pyrrole nitrogens is 1. The predicted molar refractivity (Wildman–Crippen MR) is 451 cm³/mol. The molecule has 2 aromatic heterocycles. The molecule has 4 unspecified atom stereocenters. The Morgan fingerprint density at radius 3 is 1.56 bits per heavy atom. The number of aliphatic carboxylic acids is 6. The van der Waals surface area contributed by atoms with Crippen molar-refractivity contribution >= 4 is 138 Å². The third-order valence-electron chi connectivity index (χ3n) is 18.7. The lowest BCUT2D eigenvalue weighted by Crippen LogP contribution is -2.14. The van der Waals surface area contributed by atoms with Crippen molar-refractivity contribution in [3.05, 3.63) is 336 Å². The van der Waals surface area contributed by atoms with Crippen LogP contribution in [0.15, 0.2) is 249 Å². The molecule has 0 fully saturated rings. The Balaban J connectivity index is 0.000000174. The first-order chi connectivity index (χ1) is 54.7. The van der Waals surface area contributed by atoms with Gasteiger partial charge in [-0.05, 0) is 189 Å². The average Bonchev–Trinajstić information content (AvgIpc) is 1.62. The van der Waals surface area contributed by atoms with Crippen LogP contribution in [0.1, 0.15) is 136 Å². The zero-order chi connectivity index (χ0) is 83.9. The van der Waals surface area contributed by atoms with E-state index in [1.165, 1.54) is 16.2 Å². The lowest BCUT2D eigenvalue weighted by atomic mass is 9.96. The van der Waals surface area contributed by atoms with Crippen molar-refractivity contribution < 1.29 is 78.1 Å². The van der Waals surface area contributed by atoms with Gasteiger partial charge in [0.1, 0.15) is 11.6 Å². The molecule has 0 aliphatic heterocycles. The Bertz CT molecular complexity index is 5610. The molecular formula is C92H84Cl4FN3O15. The van der Waals surface area contributed by atoms with Crippen LogP contribution in [0, 0.1) is 18.7 Å². The van der Waals surface area contributed by atoms with E-state index in [9.17, 15) is 47.9 Å². The Morgan fingerprint density at radius 2 is 0.983 bits per heavy atom. The monoisotopic (exact) mass is 1630 g/mol. The van der Waals surface area contributed by atoms with Crippen molar-refractivity contribution in [3.8, 4) is 16.9 Å². The number of hydrogen-bond donors (Lipinski definition) is 8. The maximum Gasteiger partial charge on any atom is 0.310 e. The molecule has 115 heavy (non-hydrogen) atoms. The second-order valence-electron chi connectivity index (χ2n) is 27.2. The second-order valence-corrected chi connectivity index (χ2v) is 28.9. The number of carboxylic acid groups (broad SMARTS) is 6. The number of ketones is 1. The van der Waals surface area contributed by atoms with Crippen LogP contribution in [0.5, 0.6) is 5.75 Å². The zero-order valence-electron chi connectivity index (χ0n) is 63.9. The number of methoxy groups -OCH3 is 1. The number of rotatable bonds is 21. The summed E-state index contributed by atoms with van der Waals surface area (Å²) < 4.78 is 20.3. The minimum Gasteiger partial charge on any atom is -0.497 e. The molecule has 4 atom stereocenters. The summed E-state index contributed by atoms with van der Waals surface area (Å²) >= 11 is 24.0. The van der Waals surface area contributed by atoms with Gasteiger partial charge >= 0.3 is 35.8 Å². The molecule has 13 aromatic rings. The summed E-state index contributed by atoms with van der Waals surface area (Å²) in [5.41, 5.74) is 12.8. The normalized spacial score (nSPS) is 11.7. The van der Waals surface area contributed by atoms with Gasteiger partial charge < -0.3 is 45.7 Å². The van der Waals surface area contributed by atoms with Gasteiger partial charge in [-0.1, -0.05) is 212 Å². The number of hydrogen-bond acceptors (Lipinski definition) is 10. The van der Waals surface area contributed by atoms with Crippen LogP contribution in [0.2, 0.25) is 20.1 Å². The van der Waals surface area contributed by atoms with Crippen LogP contribution >= 0.6 is 46.4 Å². The van der Waals surface area contributed by atoms with Gasteiger partial charge in [-0.25, -0.2) is 4.39 Å². The highest BCUT2D eigenvalue weighted by molar-refractivity contribution is 6.39. The lowest BCUT2D eigenvalue weighted by Gasteiger charge is -2.13. The number of aromatic nitrogens is 2. The van der Waals surface area contributed by atoms with Crippen molar-refractivity contribution in [1.29, 1.82) is 0 Å². The molecule has 8 N–H and O–H groups in total. The van der Waals surface area contributed by atoms with E-state index in [2.05, 4.69) is 24.1 Å². The highest BCUT2D eigenvalue weighted by atomic mass is 35.5. The average molecular weight is 1630 g/mol. The number of fused-ring (bicyclic) bond motifs is 4. The summed E-state index contributed by atoms with van der Waals surface area (Å²) in [6.45, 7) is 12.7. The molecule has 0 saturated heterocycles. The summed E-state index contributed by atoms with van der Waals surface area (Å²) in [6, 6.07) is 72.6. The van der Waals surface area contributed by atoms with Gasteiger partial charge in [-0.15, -0.1) is 0 Å². The Labute approximate surface area is 684 Å². The number of aromatic amines is 1. The van der Waals surface area contributed by atoms with E-state index in [-0.39, 0.29) is 30.3 Å². The molecule has 0 spiro atoms. The van der Waals surface area contributed by atoms with Crippen LogP contribution in [0.4, 0.5) is 15.8 Å². The van der Waals surface area contributed by atoms with Crippen molar-refractivity contribution in [3.63, 3.8) is 0 Å². The zero-order valence-corrected chi connectivity index (χ0v) is 66.9. The van der Waals surface area contributed by atoms with E-state index in [1.54, 1.807) is 212 Å².